The summed E-state index contributed by atoms with van der Waals surface area (Å²) in [6.45, 7) is 8.41. The second-order valence-electron chi connectivity index (χ2n) is 4.35. The van der Waals surface area contributed by atoms with Crippen LogP contribution in [0.25, 0.3) is 6.08 Å². The third kappa shape index (κ3) is 5.54. The third-order valence-electron chi connectivity index (χ3n) is 2.77. The van der Waals surface area contributed by atoms with Crippen molar-refractivity contribution in [2.45, 2.75) is 0 Å². The molecule has 0 saturated heterocycles. The largest absolute Gasteiger partial charge is 0.496 e. The van der Waals surface area contributed by atoms with Crippen LogP contribution in [-0.2, 0) is 4.79 Å². The van der Waals surface area contributed by atoms with E-state index in [4.69, 9.17) is 17.0 Å². The summed E-state index contributed by atoms with van der Waals surface area (Å²) < 4.78 is 5.22. The normalized spacial score (nSPS) is 10.0. The van der Waals surface area contributed by atoms with E-state index in [1.54, 1.807) is 30.2 Å². The summed E-state index contributed by atoms with van der Waals surface area (Å²) in [5, 5.41) is 2.99. The molecule has 1 rings (SSSR count). The molecule has 1 amide bonds. The first-order valence-corrected chi connectivity index (χ1v) is 7.16. The van der Waals surface area contributed by atoms with Crippen LogP contribution in [-0.4, -0.2) is 36.1 Å². The number of rotatable bonds is 7. The van der Waals surface area contributed by atoms with Gasteiger partial charge in [-0.25, -0.2) is 0 Å². The highest BCUT2D eigenvalue weighted by Gasteiger charge is 2.08. The van der Waals surface area contributed by atoms with Crippen molar-refractivity contribution in [1.82, 2.24) is 10.2 Å². The number of nitrogens with one attached hydrogen (secondary N) is 1. The number of hydrogen-bond donors (Lipinski definition) is 1. The molecule has 5 heteroatoms. The van der Waals surface area contributed by atoms with E-state index in [2.05, 4.69) is 18.5 Å². The van der Waals surface area contributed by atoms with Gasteiger partial charge >= 0.3 is 0 Å². The van der Waals surface area contributed by atoms with Crippen LogP contribution in [0.2, 0.25) is 0 Å². The molecule has 0 aliphatic heterocycles. The highest BCUT2D eigenvalue weighted by atomic mass is 32.1. The van der Waals surface area contributed by atoms with E-state index in [1.807, 2.05) is 24.3 Å². The Morgan fingerprint density at radius 2 is 1.95 bits per heavy atom. The maximum absolute atomic E-state index is 11.9. The topological polar surface area (TPSA) is 41.6 Å². The standard InChI is InChI=1S/C17H20N2O2S/c1-4-12-19(13-5-2)17(22)18-16(20)11-10-14-8-6-7-9-15(14)21-3/h4-11H,1-2,12-13H2,3H3,(H,18,20,22). The quantitative estimate of drug-likeness (QED) is 0.477. The van der Waals surface area contributed by atoms with E-state index >= 15 is 0 Å². The number of nitrogens with zero attached hydrogens (tertiary/aromatic N) is 1. The van der Waals surface area contributed by atoms with Crippen LogP contribution in [0, 0.1) is 0 Å². The van der Waals surface area contributed by atoms with Crippen LogP contribution in [0.1, 0.15) is 5.56 Å². The molecule has 0 aromatic heterocycles. The Morgan fingerprint density at radius 3 is 2.55 bits per heavy atom. The average molecular weight is 316 g/mol. The second kappa shape index (κ2) is 9.52. The summed E-state index contributed by atoms with van der Waals surface area (Å²) >= 11 is 5.20. The van der Waals surface area contributed by atoms with Crippen LogP contribution in [0.4, 0.5) is 0 Å². The van der Waals surface area contributed by atoms with Gasteiger partial charge in [0.1, 0.15) is 5.75 Å². The molecule has 0 heterocycles. The first-order chi connectivity index (χ1) is 10.6. The van der Waals surface area contributed by atoms with E-state index < -0.39 is 0 Å². The molecule has 1 N–H and O–H groups in total. The molecule has 1 aromatic carbocycles. The van der Waals surface area contributed by atoms with Gasteiger partial charge in [-0.2, -0.15) is 0 Å². The van der Waals surface area contributed by atoms with Crippen LogP contribution in [0.5, 0.6) is 5.75 Å². The number of amides is 1. The lowest BCUT2D eigenvalue weighted by Gasteiger charge is -2.21. The summed E-state index contributed by atoms with van der Waals surface area (Å²) in [6, 6.07) is 7.44. The SMILES string of the molecule is C=CCN(CC=C)C(=S)NC(=O)C=Cc1ccccc1OC. The summed E-state index contributed by atoms with van der Waals surface area (Å²) in [5.74, 6) is 0.406. The Labute approximate surface area is 136 Å². The maximum Gasteiger partial charge on any atom is 0.250 e. The molecule has 0 aliphatic rings. The van der Waals surface area contributed by atoms with Gasteiger partial charge in [0.25, 0.3) is 0 Å². The molecule has 4 nitrogen and oxygen atoms in total. The Balaban J connectivity index is 2.68. The fraction of sp³-hybridized carbons (Fsp3) is 0.176. The van der Waals surface area contributed by atoms with Gasteiger partial charge in [-0.05, 0) is 24.4 Å². The van der Waals surface area contributed by atoms with E-state index in [1.165, 1.54) is 6.08 Å². The Kier molecular flexibility index (Phi) is 7.64. The van der Waals surface area contributed by atoms with Crippen molar-refractivity contribution in [2.24, 2.45) is 0 Å². The van der Waals surface area contributed by atoms with E-state index in [0.717, 1.165) is 5.56 Å². The van der Waals surface area contributed by atoms with Gasteiger partial charge in [0.15, 0.2) is 5.11 Å². The van der Waals surface area contributed by atoms with Crippen molar-refractivity contribution in [1.29, 1.82) is 0 Å². The fourth-order valence-corrected chi connectivity index (χ4v) is 2.00. The number of methoxy groups -OCH3 is 1. The minimum Gasteiger partial charge on any atom is -0.496 e. The minimum absolute atomic E-state index is 0.297. The number of carbonyl (C=O) groups is 1. The lowest BCUT2D eigenvalue weighted by Crippen LogP contribution is -2.42. The van der Waals surface area contributed by atoms with Gasteiger partial charge < -0.3 is 9.64 Å². The number of benzene rings is 1. The fourth-order valence-electron chi connectivity index (χ4n) is 1.75. The zero-order valence-electron chi connectivity index (χ0n) is 12.6. The highest BCUT2D eigenvalue weighted by Crippen LogP contribution is 2.18. The van der Waals surface area contributed by atoms with E-state index in [0.29, 0.717) is 24.0 Å². The highest BCUT2D eigenvalue weighted by molar-refractivity contribution is 7.80. The van der Waals surface area contributed by atoms with Gasteiger partial charge in [0, 0.05) is 24.7 Å². The molecule has 116 valence electrons. The average Bonchev–Trinajstić information content (AvgIpc) is 2.52. The lowest BCUT2D eigenvalue weighted by atomic mass is 10.2. The Morgan fingerprint density at radius 1 is 1.32 bits per heavy atom. The van der Waals surface area contributed by atoms with Crippen LogP contribution in [0.15, 0.2) is 55.7 Å². The predicted octanol–water partition coefficient (Wildman–Crippen LogP) is 2.78. The number of carbonyl (C=O) groups excluding carboxylic acids is 1. The van der Waals surface area contributed by atoms with E-state index in [-0.39, 0.29) is 5.91 Å². The zero-order chi connectivity index (χ0) is 16.4. The summed E-state index contributed by atoms with van der Waals surface area (Å²) in [7, 11) is 1.59. The minimum atomic E-state index is -0.297. The monoisotopic (exact) mass is 316 g/mol. The maximum atomic E-state index is 11.9. The third-order valence-corrected chi connectivity index (χ3v) is 3.13. The molecule has 0 aliphatic carbocycles. The van der Waals surface area contributed by atoms with Crippen LogP contribution in [0.3, 0.4) is 0 Å². The molecule has 0 bridgehead atoms. The lowest BCUT2D eigenvalue weighted by molar-refractivity contribution is -0.115. The first-order valence-electron chi connectivity index (χ1n) is 6.75. The van der Waals surface area contributed by atoms with Gasteiger partial charge in [-0.3, -0.25) is 10.1 Å². The van der Waals surface area contributed by atoms with Crippen LogP contribution < -0.4 is 10.1 Å². The molecule has 1 aromatic rings. The van der Waals surface area contributed by atoms with Gasteiger partial charge in [-0.1, -0.05) is 30.4 Å². The summed E-state index contributed by atoms with van der Waals surface area (Å²) in [4.78, 5) is 13.7. The second-order valence-corrected chi connectivity index (χ2v) is 4.74. The molecule has 0 saturated carbocycles. The summed E-state index contributed by atoms with van der Waals surface area (Å²) in [5.41, 5.74) is 0.820. The molecule has 0 atom stereocenters. The van der Waals surface area contributed by atoms with Crippen molar-refractivity contribution in [2.75, 3.05) is 20.2 Å². The van der Waals surface area contributed by atoms with Crippen molar-refractivity contribution in [3.05, 3.63) is 61.2 Å². The molecule has 22 heavy (non-hydrogen) atoms. The molecule has 0 spiro atoms. The number of para-hydroxylation sites is 1. The van der Waals surface area contributed by atoms with Gasteiger partial charge in [0.05, 0.1) is 7.11 Å². The molecule has 0 unspecified atom stereocenters. The van der Waals surface area contributed by atoms with E-state index in [9.17, 15) is 4.79 Å². The van der Waals surface area contributed by atoms with Crippen LogP contribution >= 0.6 is 12.2 Å². The van der Waals surface area contributed by atoms with Crippen molar-refractivity contribution in [3.63, 3.8) is 0 Å². The predicted molar refractivity (Wildman–Crippen MR) is 94.7 cm³/mol. The molecule has 0 fully saturated rings. The Bertz CT molecular complexity index is 572. The van der Waals surface area contributed by atoms with Crippen molar-refractivity contribution < 1.29 is 9.53 Å². The number of hydrogen-bond acceptors (Lipinski definition) is 3. The van der Waals surface area contributed by atoms with Crippen molar-refractivity contribution >= 4 is 29.3 Å². The zero-order valence-corrected chi connectivity index (χ0v) is 13.4. The summed E-state index contributed by atoms with van der Waals surface area (Å²) in [6.07, 6.45) is 6.53. The molecule has 0 radical (unpaired) electrons. The smallest absolute Gasteiger partial charge is 0.250 e. The van der Waals surface area contributed by atoms with Gasteiger partial charge in [0.2, 0.25) is 5.91 Å². The number of thiocarbonyl (C=S) groups is 1. The van der Waals surface area contributed by atoms with Gasteiger partial charge in [-0.15, -0.1) is 13.2 Å². The Hall–Kier alpha value is -2.40. The molecular weight excluding hydrogens is 296 g/mol. The first kappa shape index (κ1) is 17.7. The number of ether oxygens (including phenoxy) is 1. The van der Waals surface area contributed by atoms with Crippen molar-refractivity contribution in [3.8, 4) is 5.75 Å². The molecular formula is C17H20N2O2S.